The molecule has 0 heterocycles. The molecule has 5 aromatic carbocycles. The summed E-state index contributed by atoms with van der Waals surface area (Å²) in [4.78, 5) is 0. The van der Waals surface area contributed by atoms with E-state index in [-0.39, 0.29) is 0 Å². The van der Waals surface area contributed by atoms with Crippen LogP contribution in [-0.4, -0.2) is 8.07 Å². The van der Waals surface area contributed by atoms with Gasteiger partial charge in [0.15, 0.2) is 8.07 Å². The van der Waals surface area contributed by atoms with Crippen LogP contribution in [0.4, 0.5) is 0 Å². The fourth-order valence-corrected chi connectivity index (χ4v) is 9.30. The SMILES string of the molecule is [c]1ccc(-c2ccc([Si](c3ccccc3)(c3ccccc3)c3ccccc3)cc2)cc1. The van der Waals surface area contributed by atoms with Crippen LogP contribution in [0.1, 0.15) is 0 Å². The Labute approximate surface area is 185 Å². The van der Waals surface area contributed by atoms with Gasteiger partial charge in [0.25, 0.3) is 0 Å². The lowest BCUT2D eigenvalue weighted by Gasteiger charge is -2.34. The number of hydrogen-bond donors (Lipinski definition) is 0. The summed E-state index contributed by atoms with van der Waals surface area (Å²) in [6, 6.07) is 53.6. The summed E-state index contributed by atoms with van der Waals surface area (Å²) in [5.74, 6) is 0. The van der Waals surface area contributed by atoms with Crippen LogP contribution < -0.4 is 20.7 Å². The molecule has 31 heavy (non-hydrogen) atoms. The van der Waals surface area contributed by atoms with Crippen LogP contribution in [0, 0.1) is 6.07 Å². The normalized spacial score (nSPS) is 11.2. The molecule has 0 atom stereocenters. The maximum atomic E-state index is 3.11. The molecule has 1 radical (unpaired) electrons. The maximum absolute atomic E-state index is 3.11. The lowest BCUT2D eigenvalue weighted by Crippen LogP contribution is -2.74. The van der Waals surface area contributed by atoms with Gasteiger partial charge in [0.05, 0.1) is 0 Å². The molecule has 0 bridgehead atoms. The van der Waals surface area contributed by atoms with Gasteiger partial charge in [-0.15, -0.1) is 0 Å². The van der Waals surface area contributed by atoms with Gasteiger partial charge in [-0.05, 0) is 37.9 Å². The van der Waals surface area contributed by atoms with Crippen LogP contribution in [0.3, 0.4) is 0 Å². The molecule has 5 rings (SSSR count). The first kappa shape index (κ1) is 19.3. The van der Waals surface area contributed by atoms with E-state index in [0.717, 1.165) is 0 Å². The third kappa shape index (κ3) is 3.54. The summed E-state index contributed by atoms with van der Waals surface area (Å²) < 4.78 is 0. The fourth-order valence-electron chi connectivity index (χ4n) is 4.56. The molecule has 0 N–H and O–H groups in total. The van der Waals surface area contributed by atoms with Gasteiger partial charge < -0.3 is 0 Å². The van der Waals surface area contributed by atoms with Gasteiger partial charge in [-0.1, -0.05) is 140 Å². The second-order valence-electron chi connectivity index (χ2n) is 7.71. The van der Waals surface area contributed by atoms with Gasteiger partial charge in [-0.3, -0.25) is 0 Å². The lowest BCUT2D eigenvalue weighted by atomic mass is 10.1. The third-order valence-corrected chi connectivity index (χ3v) is 10.8. The van der Waals surface area contributed by atoms with Gasteiger partial charge in [-0.2, -0.15) is 0 Å². The predicted molar refractivity (Wildman–Crippen MR) is 134 cm³/mol. The Bertz CT molecular complexity index is 1130. The molecule has 0 aliphatic heterocycles. The summed E-state index contributed by atoms with van der Waals surface area (Å²) in [7, 11) is -2.43. The van der Waals surface area contributed by atoms with Crippen molar-refractivity contribution in [3.8, 4) is 11.1 Å². The van der Waals surface area contributed by atoms with E-state index in [1.807, 2.05) is 12.1 Å². The minimum Gasteiger partial charge on any atom is -0.0623 e. The highest BCUT2D eigenvalue weighted by Crippen LogP contribution is 2.18. The Balaban J connectivity index is 1.78. The average molecular weight is 412 g/mol. The molecule has 1 heteroatoms. The van der Waals surface area contributed by atoms with Crippen molar-refractivity contribution >= 4 is 28.8 Å². The highest BCUT2D eigenvalue weighted by molar-refractivity contribution is 7.19. The van der Waals surface area contributed by atoms with Crippen molar-refractivity contribution in [2.24, 2.45) is 0 Å². The van der Waals surface area contributed by atoms with Gasteiger partial charge in [0, 0.05) is 0 Å². The molecule has 0 aliphatic rings. The summed E-state index contributed by atoms with van der Waals surface area (Å²) in [5.41, 5.74) is 2.45. The zero-order chi connectivity index (χ0) is 20.9. The van der Waals surface area contributed by atoms with Gasteiger partial charge in [0.2, 0.25) is 0 Å². The maximum Gasteiger partial charge on any atom is 0.179 e. The second kappa shape index (κ2) is 8.59. The lowest BCUT2D eigenvalue weighted by molar-refractivity contribution is 1.62. The van der Waals surface area contributed by atoms with Crippen molar-refractivity contribution < 1.29 is 0 Å². The number of benzene rings is 5. The van der Waals surface area contributed by atoms with E-state index >= 15 is 0 Å². The third-order valence-electron chi connectivity index (χ3n) is 5.99. The summed E-state index contributed by atoms with van der Waals surface area (Å²) in [5, 5.41) is 5.58. The van der Waals surface area contributed by atoms with Crippen molar-refractivity contribution in [1.82, 2.24) is 0 Å². The topological polar surface area (TPSA) is 0 Å². The Morgan fingerprint density at radius 2 is 0.710 bits per heavy atom. The molecular weight excluding hydrogens is 388 g/mol. The molecular formula is C30H23Si. The van der Waals surface area contributed by atoms with Crippen LogP contribution in [0.2, 0.25) is 0 Å². The first-order valence-electron chi connectivity index (χ1n) is 10.6. The van der Waals surface area contributed by atoms with E-state index in [1.165, 1.54) is 31.9 Å². The quantitative estimate of drug-likeness (QED) is 0.294. The standard InChI is InChI=1S/C30H23Si/c1-5-13-25(14-6-1)26-21-23-30(24-22-26)31(27-15-7-2-8-16-27,28-17-9-3-10-18-28)29-19-11-4-12-20-29/h2-24H. The van der Waals surface area contributed by atoms with Gasteiger partial charge >= 0.3 is 0 Å². The van der Waals surface area contributed by atoms with E-state index < -0.39 is 8.07 Å². The monoisotopic (exact) mass is 411 g/mol. The smallest absolute Gasteiger partial charge is 0.0623 e. The predicted octanol–water partition coefficient (Wildman–Crippen LogP) is 4.53. The molecule has 147 valence electrons. The molecule has 0 spiro atoms. The van der Waals surface area contributed by atoms with E-state index in [2.05, 4.69) is 133 Å². The van der Waals surface area contributed by atoms with Crippen molar-refractivity contribution in [1.29, 1.82) is 0 Å². The summed E-state index contributed by atoms with van der Waals surface area (Å²) in [6.07, 6.45) is 0. The Kier molecular flexibility index (Phi) is 5.34. The van der Waals surface area contributed by atoms with Crippen molar-refractivity contribution in [2.45, 2.75) is 0 Å². The van der Waals surface area contributed by atoms with Gasteiger partial charge in [0.1, 0.15) is 0 Å². The molecule has 0 unspecified atom stereocenters. The molecule has 0 nitrogen and oxygen atoms in total. The first-order valence-corrected chi connectivity index (χ1v) is 12.6. The molecule has 0 aromatic heterocycles. The average Bonchev–Trinajstić information content (AvgIpc) is 2.88. The fraction of sp³-hybridized carbons (Fsp3) is 0. The van der Waals surface area contributed by atoms with Crippen molar-refractivity contribution in [3.05, 3.63) is 146 Å². The van der Waals surface area contributed by atoms with Crippen LogP contribution in [-0.2, 0) is 0 Å². The highest BCUT2D eigenvalue weighted by Gasteiger charge is 2.41. The van der Waals surface area contributed by atoms with Crippen molar-refractivity contribution in [3.63, 3.8) is 0 Å². The Hall–Kier alpha value is -3.68. The summed E-state index contributed by atoms with van der Waals surface area (Å²) >= 11 is 0. The molecule has 0 aliphatic carbocycles. The van der Waals surface area contributed by atoms with Crippen molar-refractivity contribution in [2.75, 3.05) is 0 Å². The second-order valence-corrected chi connectivity index (χ2v) is 11.5. The summed E-state index contributed by atoms with van der Waals surface area (Å²) in [6.45, 7) is 0. The van der Waals surface area contributed by atoms with Crippen LogP contribution in [0.15, 0.2) is 140 Å². The highest BCUT2D eigenvalue weighted by atomic mass is 28.3. The number of hydrogen-bond acceptors (Lipinski definition) is 0. The molecule has 0 saturated heterocycles. The first-order chi connectivity index (χ1) is 15.4. The van der Waals surface area contributed by atoms with Crippen LogP contribution >= 0.6 is 0 Å². The minimum absolute atomic E-state index is 1.22. The molecule has 0 fully saturated rings. The van der Waals surface area contributed by atoms with E-state index in [9.17, 15) is 0 Å². The molecule has 0 saturated carbocycles. The zero-order valence-electron chi connectivity index (χ0n) is 17.3. The zero-order valence-corrected chi connectivity index (χ0v) is 18.3. The Morgan fingerprint density at radius 1 is 0.355 bits per heavy atom. The molecule has 5 aromatic rings. The van der Waals surface area contributed by atoms with Crippen LogP contribution in [0.25, 0.3) is 11.1 Å². The minimum atomic E-state index is -2.43. The molecule has 0 amide bonds. The van der Waals surface area contributed by atoms with E-state index in [1.54, 1.807) is 0 Å². The van der Waals surface area contributed by atoms with E-state index in [4.69, 9.17) is 0 Å². The number of rotatable bonds is 5. The largest absolute Gasteiger partial charge is 0.179 e. The van der Waals surface area contributed by atoms with Crippen LogP contribution in [0.5, 0.6) is 0 Å². The van der Waals surface area contributed by atoms with Gasteiger partial charge in [-0.25, -0.2) is 0 Å². The van der Waals surface area contributed by atoms with E-state index in [0.29, 0.717) is 0 Å². The Morgan fingerprint density at radius 3 is 1.13 bits per heavy atom.